The van der Waals surface area contributed by atoms with Gasteiger partial charge in [-0.15, -0.1) is 0 Å². The maximum Gasteiger partial charge on any atom is 0.153 e. The molecule has 86 valence electrons. The Morgan fingerprint density at radius 1 is 1.31 bits per heavy atom. The molecule has 4 heteroatoms. The highest BCUT2D eigenvalue weighted by Crippen LogP contribution is 2.32. The van der Waals surface area contributed by atoms with Crippen molar-refractivity contribution >= 4 is 34.2 Å². The number of furan rings is 1. The van der Waals surface area contributed by atoms with Gasteiger partial charge in [-0.05, 0) is 24.6 Å². The Bertz CT molecular complexity index is 507. The average Bonchev–Trinajstić information content (AvgIpc) is 2.62. The highest BCUT2D eigenvalue weighted by Gasteiger charge is 2.13. The molecule has 0 fully saturated rings. The molecule has 1 atom stereocenters. The van der Waals surface area contributed by atoms with Crippen LogP contribution in [0.2, 0.25) is 10.0 Å². The SMILES string of the molecule is CCCC(N)c1cc2cc(Cl)cc(Cl)c2o1. The minimum atomic E-state index is -0.0766. The van der Waals surface area contributed by atoms with Gasteiger partial charge in [0.1, 0.15) is 5.76 Å². The lowest BCUT2D eigenvalue weighted by Crippen LogP contribution is -2.08. The van der Waals surface area contributed by atoms with Crippen LogP contribution in [0.1, 0.15) is 31.6 Å². The van der Waals surface area contributed by atoms with Gasteiger partial charge in [0.25, 0.3) is 0 Å². The first-order valence-electron chi connectivity index (χ1n) is 5.26. The Morgan fingerprint density at radius 2 is 2.06 bits per heavy atom. The van der Waals surface area contributed by atoms with Crippen molar-refractivity contribution in [3.8, 4) is 0 Å². The van der Waals surface area contributed by atoms with Crippen molar-refractivity contribution in [2.75, 3.05) is 0 Å². The smallest absolute Gasteiger partial charge is 0.153 e. The number of nitrogens with two attached hydrogens (primary N) is 1. The van der Waals surface area contributed by atoms with Crippen LogP contribution in [0.4, 0.5) is 0 Å². The third-order valence-electron chi connectivity index (χ3n) is 2.52. The third kappa shape index (κ3) is 2.19. The van der Waals surface area contributed by atoms with Crippen LogP contribution in [-0.4, -0.2) is 0 Å². The van der Waals surface area contributed by atoms with Gasteiger partial charge in [0.15, 0.2) is 5.58 Å². The van der Waals surface area contributed by atoms with Gasteiger partial charge in [-0.2, -0.15) is 0 Å². The summed E-state index contributed by atoms with van der Waals surface area (Å²) in [4.78, 5) is 0. The fourth-order valence-electron chi connectivity index (χ4n) is 1.73. The third-order valence-corrected chi connectivity index (χ3v) is 3.02. The van der Waals surface area contributed by atoms with Gasteiger partial charge in [-0.3, -0.25) is 0 Å². The summed E-state index contributed by atoms with van der Waals surface area (Å²) in [5, 5.41) is 2.03. The molecular formula is C12H13Cl2NO. The quantitative estimate of drug-likeness (QED) is 0.877. The normalized spacial score (nSPS) is 13.2. The zero-order valence-electron chi connectivity index (χ0n) is 8.97. The molecule has 2 aromatic rings. The summed E-state index contributed by atoms with van der Waals surface area (Å²) in [7, 11) is 0. The standard InChI is InChI=1S/C12H13Cl2NO/c1-2-3-10(15)11-5-7-4-8(13)6-9(14)12(7)16-11/h4-6,10H,2-3,15H2,1H3. The van der Waals surface area contributed by atoms with Crippen molar-refractivity contribution in [3.05, 3.63) is 34.0 Å². The van der Waals surface area contributed by atoms with E-state index >= 15 is 0 Å². The van der Waals surface area contributed by atoms with Crippen LogP contribution in [0.25, 0.3) is 11.0 Å². The first kappa shape index (κ1) is 11.8. The summed E-state index contributed by atoms with van der Waals surface area (Å²) >= 11 is 12.0. The second-order valence-corrected chi connectivity index (χ2v) is 4.69. The second kappa shape index (κ2) is 4.66. The molecule has 0 amide bonds. The molecule has 0 aliphatic heterocycles. The van der Waals surface area contributed by atoms with Gasteiger partial charge >= 0.3 is 0 Å². The van der Waals surface area contributed by atoms with E-state index in [9.17, 15) is 0 Å². The van der Waals surface area contributed by atoms with E-state index in [1.165, 1.54) is 0 Å². The van der Waals surface area contributed by atoms with Crippen molar-refractivity contribution in [1.29, 1.82) is 0 Å². The summed E-state index contributed by atoms with van der Waals surface area (Å²) < 4.78 is 5.65. The molecule has 2 N–H and O–H groups in total. The molecule has 2 rings (SSSR count). The Balaban J connectivity index is 2.47. The van der Waals surface area contributed by atoms with Crippen LogP contribution < -0.4 is 5.73 Å². The van der Waals surface area contributed by atoms with Gasteiger partial charge in [0, 0.05) is 10.4 Å². The molecule has 0 aliphatic carbocycles. The molecule has 0 aliphatic rings. The Labute approximate surface area is 104 Å². The Hall–Kier alpha value is -0.700. The highest BCUT2D eigenvalue weighted by molar-refractivity contribution is 6.38. The van der Waals surface area contributed by atoms with Crippen molar-refractivity contribution in [2.45, 2.75) is 25.8 Å². The topological polar surface area (TPSA) is 39.2 Å². The van der Waals surface area contributed by atoms with Gasteiger partial charge in [-0.25, -0.2) is 0 Å². The van der Waals surface area contributed by atoms with E-state index in [0.717, 1.165) is 24.0 Å². The van der Waals surface area contributed by atoms with Crippen molar-refractivity contribution < 1.29 is 4.42 Å². The number of halogens is 2. The summed E-state index contributed by atoms with van der Waals surface area (Å²) in [6.45, 7) is 2.09. The van der Waals surface area contributed by atoms with E-state index < -0.39 is 0 Å². The van der Waals surface area contributed by atoms with E-state index in [-0.39, 0.29) is 6.04 Å². The van der Waals surface area contributed by atoms with Crippen molar-refractivity contribution in [2.24, 2.45) is 5.73 Å². The van der Waals surface area contributed by atoms with Crippen LogP contribution in [0.15, 0.2) is 22.6 Å². The van der Waals surface area contributed by atoms with E-state index in [0.29, 0.717) is 15.6 Å². The van der Waals surface area contributed by atoms with Crippen LogP contribution in [0.3, 0.4) is 0 Å². The predicted octanol–water partition coefficient (Wildman–Crippen LogP) is 4.54. The summed E-state index contributed by atoms with van der Waals surface area (Å²) in [5.41, 5.74) is 6.65. The lowest BCUT2D eigenvalue weighted by molar-refractivity contribution is 0.475. The minimum Gasteiger partial charge on any atom is -0.458 e. The van der Waals surface area contributed by atoms with E-state index in [1.807, 2.05) is 12.1 Å². The highest BCUT2D eigenvalue weighted by atomic mass is 35.5. The molecule has 16 heavy (non-hydrogen) atoms. The zero-order chi connectivity index (χ0) is 11.7. The van der Waals surface area contributed by atoms with Crippen LogP contribution in [-0.2, 0) is 0 Å². The maximum atomic E-state index is 6.04. The van der Waals surface area contributed by atoms with E-state index in [4.69, 9.17) is 33.4 Å². The number of fused-ring (bicyclic) bond motifs is 1. The molecule has 2 nitrogen and oxygen atoms in total. The molecule has 0 bridgehead atoms. The number of rotatable bonds is 3. The largest absolute Gasteiger partial charge is 0.458 e. The minimum absolute atomic E-state index is 0.0766. The maximum absolute atomic E-state index is 6.04. The molecule has 0 saturated carbocycles. The van der Waals surface area contributed by atoms with Gasteiger partial charge in [0.05, 0.1) is 11.1 Å². The molecule has 1 aromatic heterocycles. The fourth-order valence-corrected chi connectivity index (χ4v) is 2.28. The number of hydrogen-bond donors (Lipinski definition) is 1. The lowest BCUT2D eigenvalue weighted by atomic mass is 10.1. The Morgan fingerprint density at radius 3 is 2.75 bits per heavy atom. The first-order valence-corrected chi connectivity index (χ1v) is 6.01. The fraction of sp³-hybridized carbons (Fsp3) is 0.333. The van der Waals surface area contributed by atoms with Crippen LogP contribution in [0, 0.1) is 0 Å². The molecule has 0 saturated heterocycles. The number of hydrogen-bond acceptors (Lipinski definition) is 2. The first-order chi connectivity index (χ1) is 7.61. The van der Waals surface area contributed by atoms with Gasteiger partial charge < -0.3 is 10.2 Å². The van der Waals surface area contributed by atoms with Gasteiger partial charge in [-0.1, -0.05) is 36.5 Å². The van der Waals surface area contributed by atoms with Crippen LogP contribution in [0.5, 0.6) is 0 Å². The van der Waals surface area contributed by atoms with Crippen molar-refractivity contribution in [1.82, 2.24) is 0 Å². The summed E-state index contributed by atoms with van der Waals surface area (Å²) in [5.74, 6) is 0.765. The van der Waals surface area contributed by atoms with Crippen LogP contribution >= 0.6 is 23.2 Å². The van der Waals surface area contributed by atoms with E-state index in [1.54, 1.807) is 6.07 Å². The molecule has 1 unspecified atom stereocenters. The molecule has 0 spiro atoms. The monoisotopic (exact) mass is 257 g/mol. The Kier molecular flexibility index (Phi) is 3.43. The zero-order valence-corrected chi connectivity index (χ0v) is 10.5. The van der Waals surface area contributed by atoms with Crippen molar-refractivity contribution in [3.63, 3.8) is 0 Å². The molecule has 0 radical (unpaired) electrons. The second-order valence-electron chi connectivity index (χ2n) is 3.85. The van der Waals surface area contributed by atoms with Gasteiger partial charge in [0.2, 0.25) is 0 Å². The summed E-state index contributed by atoms with van der Waals surface area (Å²) in [6, 6.07) is 5.33. The molecular weight excluding hydrogens is 245 g/mol. The predicted molar refractivity (Wildman–Crippen MR) is 68.1 cm³/mol. The molecule has 1 heterocycles. The molecule has 1 aromatic carbocycles. The summed E-state index contributed by atoms with van der Waals surface area (Å²) in [6.07, 6.45) is 1.91. The average molecular weight is 258 g/mol. The van der Waals surface area contributed by atoms with E-state index in [2.05, 4.69) is 6.92 Å². The lowest BCUT2D eigenvalue weighted by Gasteiger charge is -2.04. The number of benzene rings is 1.